The Bertz CT molecular complexity index is 2440. The topological polar surface area (TPSA) is 4.93 Å². The Balaban J connectivity index is 1.26. The maximum atomic E-state index is 2.42. The van der Waals surface area contributed by atoms with E-state index in [1.807, 2.05) is 0 Å². The molecule has 0 fully saturated rings. The summed E-state index contributed by atoms with van der Waals surface area (Å²) in [6.07, 6.45) is 0. The minimum Gasteiger partial charge on any atom is -0.309 e. The van der Waals surface area contributed by atoms with Gasteiger partial charge in [-0.3, -0.25) is 0 Å². The zero-order valence-electron chi connectivity index (χ0n) is 26.5. The zero-order valence-corrected chi connectivity index (χ0v) is 27.5. The second kappa shape index (κ2) is 11.7. The molecule has 0 saturated heterocycles. The van der Waals surface area contributed by atoms with Crippen LogP contribution in [0.15, 0.2) is 200 Å². The summed E-state index contributed by atoms with van der Waals surface area (Å²) in [5.74, 6) is 0. The first-order valence-corrected chi connectivity index (χ1v) is 18.6. The summed E-state index contributed by atoms with van der Waals surface area (Å²) in [6, 6.07) is 73.8. The molecular formula is C46H33NSi. The van der Waals surface area contributed by atoms with Crippen molar-refractivity contribution in [3.05, 3.63) is 200 Å². The van der Waals surface area contributed by atoms with Gasteiger partial charge in [0.15, 0.2) is 8.07 Å². The summed E-state index contributed by atoms with van der Waals surface area (Å²) < 4.78 is 2.42. The van der Waals surface area contributed by atoms with E-state index >= 15 is 0 Å². The van der Waals surface area contributed by atoms with Crippen LogP contribution in [0.2, 0.25) is 0 Å². The fraction of sp³-hybridized carbons (Fsp3) is 0. The van der Waals surface area contributed by atoms with E-state index in [4.69, 9.17) is 0 Å². The van der Waals surface area contributed by atoms with Crippen LogP contribution in [0.25, 0.3) is 49.4 Å². The normalized spacial score (nSPS) is 11.8. The molecule has 0 spiro atoms. The summed E-state index contributed by atoms with van der Waals surface area (Å²) in [7, 11) is -2.70. The number of aromatic nitrogens is 1. The Morgan fingerprint density at radius 3 is 1.52 bits per heavy atom. The van der Waals surface area contributed by atoms with Crippen LogP contribution in [0.4, 0.5) is 0 Å². The number of benzene rings is 8. The van der Waals surface area contributed by atoms with Crippen LogP contribution in [-0.2, 0) is 0 Å². The van der Waals surface area contributed by atoms with E-state index in [1.165, 1.54) is 64.5 Å². The molecule has 0 bridgehead atoms. The van der Waals surface area contributed by atoms with Gasteiger partial charge in [0, 0.05) is 16.5 Å². The quantitative estimate of drug-likeness (QED) is 0.128. The van der Waals surface area contributed by atoms with Gasteiger partial charge in [0.05, 0.1) is 11.0 Å². The third kappa shape index (κ3) is 4.38. The van der Waals surface area contributed by atoms with E-state index < -0.39 is 8.07 Å². The highest BCUT2D eigenvalue weighted by Crippen LogP contribution is 2.37. The van der Waals surface area contributed by atoms with Crippen molar-refractivity contribution in [2.75, 3.05) is 0 Å². The molecule has 0 unspecified atom stereocenters. The molecule has 0 aliphatic rings. The number of hydrogen-bond donors (Lipinski definition) is 0. The standard InChI is InChI=1S/C46H33NSi/c1-4-17-37(18-5-1)48(38-19-6-2-7-20-38,39-21-8-3-9-22-39)45-27-15-13-23-40(45)35-28-31-36(32-29-35)47-43-26-14-12-25-42(43)46-41-24-11-10-16-34(41)30-33-44(46)47/h1-33H. The lowest BCUT2D eigenvalue weighted by Gasteiger charge is -2.36. The van der Waals surface area contributed by atoms with Gasteiger partial charge < -0.3 is 4.57 Å². The molecule has 48 heavy (non-hydrogen) atoms. The number of nitrogens with zero attached hydrogens (tertiary/aromatic N) is 1. The summed E-state index contributed by atoms with van der Waals surface area (Å²) in [5.41, 5.74) is 6.11. The zero-order chi connectivity index (χ0) is 31.9. The van der Waals surface area contributed by atoms with Crippen molar-refractivity contribution in [1.29, 1.82) is 0 Å². The molecule has 0 saturated carbocycles. The van der Waals surface area contributed by atoms with Gasteiger partial charge in [-0.2, -0.15) is 0 Å². The highest BCUT2D eigenvalue weighted by atomic mass is 28.3. The number of para-hydroxylation sites is 1. The van der Waals surface area contributed by atoms with Gasteiger partial charge in [-0.1, -0.05) is 176 Å². The van der Waals surface area contributed by atoms with Crippen LogP contribution in [0.1, 0.15) is 0 Å². The predicted molar refractivity (Wildman–Crippen MR) is 207 cm³/mol. The molecule has 226 valence electrons. The highest BCUT2D eigenvalue weighted by molar-refractivity contribution is 7.20. The average molecular weight is 628 g/mol. The van der Waals surface area contributed by atoms with Gasteiger partial charge in [-0.15, -0.1) is 0 Å². The largest absolute Gasteiger partial charge is 0.309 e. The summed E-state index contributed by atoms with van der Waals surface area (Å²) in [4.78, 5) is 0. The number of fused-ring (bicyclic) bond motifs is 5. The smallest absolute Gasteiger partial charge is 0.180 e. The molecule has 0 radical (unpaired) electrons. The molecule has 0 atom stereocenters. The fourth-order valence-electron chi connectivity index (χ4n) is 7.90. The third-order valence-electron chi connectivity index (χ3n) is 9.95. The summed E-state index contributed by atoms with van der Waals surface area (Å²) in [5, 5.41) is 10.7. The molecule has 1 nitrogen and oxygen atoms in total. The second-order valence-corrected chi connectivity index (χ2v) is 16.2. The van der Waals surface area contributed by atoms with Crippen LogP contribution >= 0.6 is 0 Å². The first kappa shape index (κ1) is 28.3. The Labute approximate surface area is 282 Å². The van der Waals surface area contributed by atoms with Crippen molar-refractivity contribution >= 4 is 61.4 Å². The number of hydrogen-bond acceptors (Lipinski definition) is 0. The molecule has 1 heterocycles. The Hall–Kier alpha value is -5.96. The minimum atomic E-state index is -2.70. The summed E-state index contributed by atoms with van der Waals surface area (Å²) >= 11 is 0. The van der Waals surface area contributed by atoms with Gasteiger partial charge in [0.1, 0.15) is 0 Å². The van der Waals surface area contributed by atoms with Crippen molar-refractivity contribution in [2.45, 2.75) is 0 Å². The fourth-order valence-corrected chi connectivity index (χ4v) is 12.9. The van der Waals surface area contributed by atoms with Crippen LogP contribution in [0, 0.1) is 0 Å². The Morgan fingerprint density at radius 1 is 0.354 bits per heavy atom. The van der Waals surface area contributed by atoms with E-state index in [-0.39, 0.29) is 0 Å². The van der Waals surface area contributed by atoms with Crippen LogP contribution in [0.5, 0.6) is 0 Å². The van der Waals surface area contributed by atoms with Crippen molar-refractivity contribution < 1.29 is 0 Å². The van der Waals surface area contributed by atoms with Gasteiger partial charge in [-0.05, 0) is 66.9 Å². The van der Waals surface area contributed by atoms with Gasteiger partial charge in [-0.25, -0.2) is 0 Å². The Morgan fingerprint density at radius 2 is 0.875 bits per heavy atom. The average Bonchev–Trinajstić information content (AvgIpc) is 3.52. The molecule has 0 aliphatic carbocycles. The molecule has 0 amide bonds. The maximum Gasteiger partial charge on any atom is 0.180 e. The van der Waals surface area contributed by atoms with E-state index in [9.17, 15) is 0 Å². The van der Waals surface area contributed by atoms with E-state index in [0.29, 0.717) is 0 Å². The first-order valence-electron chi connectivity index (χ1n) is 16.6. The molecule has 0 aliphatic heterocycles. The monoisotopic (exact) mass is 627 g/mol. The molecule has 8 aromatic carbocycles. The lowest BCUT2D eigenvalue weighted by Crippen LogP contribution is -2.75. The van der Waals surface area contributed by atoms with E-state index in [2.05, 4.69) is 205 Å². The first-order chi connectivity index (χ1) is 23.8. The van der Waals surface area contributed by atoms with Crippen molar-refractivity contribution in [1.82, 2.24) is 4.57 Å². The number of rotatable bonds is 6. The lowest BCUT2D eigenvalue weighted by atomic mass is 10.0. The molecule has 9 aromatic rings. The summed E-state index contributed by atoms with van der Waals surface area (Å²) in [6.45, 7) is 0. The lowest BCUT2D eigenvalue weighted by molar-refractivity contribution is 1.18. The highest BCUT2D eigenvalue weighted by Gasteiger charge is 2.42. The molecule has 2 heteroatoms. The maximum absolute atomic E-state index is 2.70. The Kier molecular flexibility index (Phi) is 6.88. The second-order valence-electron chi connectivity index (χ2n) is 12.5. The van der Waals surface area contributed by atoms with E-state index in [0.717, 1.165) is 5.69 Å². The molecule has 0 N–H and O–H groups in total. The SMILES string of the molecule is c1ccc([Si](c2ccccc2)(c2ccccc2)c2ccccc2-c2ccc(-n3c4ccccc4c4c5ccccc5ccc43)cc2)cc1. The third-order valence-corrected chi connectivity index (χ3v) is 14.8. The predicted octanol–water partition coefficient (Wildman–Crippen LogP) is 8.98. The van der Waals surface area contributed by atoms with Gasteiger partial charge in [0.25, 0.3) is 0 Å². The van der Waals surface area contributed by atoms with Crippen molar-refractivity contribution in [2.24, 2.45) is 0 Å². The van der Waals surface area contributed by atoms with Gasteiger partial charge >= 0.3 is 0 Å². The van der Waals surface area contributed by atoms with Crippen molar-refractivity contribution in [3.63, 3.8) is 0 Å². The molecule has 9 rings (SSSR count). The van der Waals surface area contributed by atoms with Crippen LogP contribution in [-0.4, -0.2) is 12.6 Å². The van der Waals surface area contributed by atoms with Crippen LogP contribution < -0.4 is 20.7 Å². The molecular weight excluding hydrogens is 595 g/mol. The van der Waals surface area contributed by atoms with Crippen LogP contribution in [0.3, 0.4) is 0 Å². The van der Waals surface area contributed by atoms with Crippen molar-refractivity contribution in [3.8, 4) is 16.8 Å². The van der Waals surface area contributed by atoms with Gasteiger partial charge in [0.2, 0.25) is 0 Å². The molecule has 1 aromatic heterocycles. The minimum absolute atomic E-state index is 1.16. The van der Waals surface area contributed by atoms with E-state index in [1.54, 1.807) is 0 Å².